The van der Waals surface area contributed by atoms with Crippen LogP contribution < -0.4 is 5.32 Å². The Morgan fingerprint density at radius 2 is 2.12 bits per heavy atom. The first-order valence-corrected chi connectivity index (χ1v) is 6.59. The van der Waals surface area contributed by atoms with Gasteiger partial charge in [-0.2, -0.15) is 0 Å². The molecule has 0 aliphatic carbocycles. The van der Waals surface area contributed by atoms with Crippen LogP contribution in [0.3, 0.4) is 0 Å². The van der Waals surface area contributed by atoms with Crippen LogP contribution in [0, 0.1) is 11.8 Å². The van der Waals surface area contributed by atoms with E-state index in [0.717, 1.165) is 25.6 Å². The smallest absolute Gasteiger partial charge is 0.0468 e. The molecular weight excluding hydrogens is 212 g/mol. The van der Waals surface area contributed by atoms with Crippen LogP contribution in [0.5, 0.6) is 0 Å². The van der Waals surface area contributed by atoms with E-state index in [4.69, 9.17) is 5.11 Å². The van der Waals surface area contributed by atoms with Gasteiger partial charge < -0.3 is 15.0 Å². The Bertz CT molecular complexity index is 307. The Balaban J connectivity index is 2.35. The van der Waals surface area contributed by atoms with Gasteiger partial charge in [0.25, 0.3) is 0 Å². The zero-order chi connectivity index (χ0) is 12.7. The lowest BCUT2D eigenvalue weighted by Crippen LogP contribution is -2.24. The van der Waals surface area contributed by atoms with Crippen molar-refractivity contribution in [1.29, 1.82) is 0 Å². The molecule has 1 atom stereocenters. The number of rotatable bonds is 8. The minimum Gasteiger partial charge on any atom is -0.396 e. The molecule has 0 saturated heterocycles. The molecule has 2 N–H and O–H groups in total. The summed E-state index contributed by atoms with van der Waals surface area (Å²) in [6, 6.07) is 4.27. The highest BCUT2D eigenvalue weighted by atomic mass is 16.3. The summed E-state index contributed by atoms with van der Waals surface area (Å²) in [4.78, 5) is 0. The Morgan fingerprint density at radius 1 is 1.35 bits per heavy atom. The summed E-state index contributed by atoms with van der Waals surface area (Å²) >= 11 is 0. The summed E-state index contributed by atoms with van der Waals surface area (Å²) in [6.07, 6.45) is 3.36. The number of hydrogen-bond donors (Lipinski definition) is 2. The molecule has 1 aromatic rings. The maximum atomic E-state index is 8.95. The van der Waals surface area contributed by atoms with Gasteiger partial charge in [0.1, 0.15) is 0 Å². The molecule has 0 aromatic carbocycles. The third-order valence-corrected chi connectivity index (χ3v) is 2.98. The minimum absolute atomic E-state index is 0.251. The molecule has 0 aliphatic heterocycles. The highest BCUT2D eigenvalue weighted by molar-refractivity contribution is 5.06. The topological polar surface area (TPSA) is 37.2 Å². The second kappa shape index (κ2) is 7.51. The lowest BCUT2D eigenvalue weighted by atomic mass is 10.1. The van der Waals surface area contributed by atoms with E-state index in [1.807, 2.05) is 6.92 Å². The molecule has 1 aromatic heterocycles. The van der Waals surface area contributed by atoms with E-state index in [9.17, 15) is 0 Å². The van der Waals surface area contributed by atoms with Crippen LogP contribution in [0.2, 0.25) is 0 Å². The van der Waals surface area contributed by atoms with Gasteiger partial charge in [0.15, 0.2) is 0 Å². The van der Waals surface area contributed by atoms with Crippen molar-refractivity contribution in [2.24, 2.45) is 11.8 Å². The number of aromatic nitrogens is 1. The first-order valence-electron chi connectivity index (χ1n) is 6.59. The second-order valence-corrected chi connectivity index (χ2v) is 5.29. The van der Waals surface area contributed by atoms with E-state index in [2.05, 4.69) is 42.1 Å². The monoisotopic (exact) mass is 238 g/mol. The molecule has 0 radical (unpaired) electrons. The molecule has 3 nitrogen and oxygen atoms in total. The first-order chi connectivity index (χ1) is 8.13. The lowest BCUT2D eigenvalue weighted by molar-refractivity contribution is 0.233. The van der Waals surface area contributed by atoms with Crippen LogP contribution in [-0.2, 0) is 13.1 Å². The number of nitrogens with zero attached hydrogens (tertiary/aromatic N) is 1. The molecule has 0 fully saturated rings. The molecule has 0 aliphatic rings. The van der Waals surface area contributed by atoms with E-state index in [1.54, 1.807) is 0 Å². The van der Waals surface area contributed by atoms with Crippen LogP contribution in [0.15, 0.2) is 18.3 Å². The molecular formula is C14H26N2O. The van der Waals surface area contributed by atoms with Crippen molar-refractivity contribution < 1.29 is 5.11 Å². The largest absolute Gasteiger partial charge is 0.396 e. The van der Waals surface area contributed by atoms with Gasteiger partial charge in [0.2, 0.25) is 0 Å². The third-order valence-electron chi connectivity index (χ3n) is 2.98. The van der Waals surface area contributed by atoms with Crippen molar-refractivity contribution in [2.75, 3.05) is 13.2 Å². The molecule has 17 heavy (non-hydrogen) atoms. The predicted octanol–water partition coefficient (Wildman–Crippen LogP) is 2.25. The fraction of sp³-hybridized carbons (Fsp3) is 0.714. The van der Waals surface area contributed by atoms with Gasteiger partial charge in [-0.1, -0.05) is 20.8 Å². The molecule has 98 valence electrons. The highest BCUT2D eigenvalue weighted by Gasteiger charge is 2.03. The van der Waals surface area contributed by atoms with Crippen LogP contribution in [0.1, 0.15) is 32.9 Å². The summed E-state index contributed by atoms with van der Waals surface area (Å²) < 4.78 is 2.32. The van der Waals surface area contributed by atoms with Gasteiger partial charge in [-0.25, -0.2) is 0 Å². The summed E-state index contributed by atoms with van der Waals surface area (Å²) in [5, 5.41) is 12.3. The highest BCUT2D eigenvalue weighted by Crippen LogP contribution is 2.07. The SMILES string of the molecule is CC(C)CCn1cccc1CNCC(C)CO. The first kappa shape index (κ1) is 14.3. The zero-order valence-electron chi connectivity index (χ0n) is 11.3. The molecule has 1 unspecified atom stereocenters. The zero-order valence-corrected chi connectivity index (χ0v) is 11.3. The maximum Gasteiger partial charge on any atom is 0.0468 e. The minimum atomic E-state index is 0.251. The number of aliphatic hydroxyl groups excluding tert-OH is 1. The van der Waals surface area contributed by atoms with Crippen LogP contribution in [0.25, 0.3) is 0 Å². The molecule has 3 heteroatoms. The van der Waals surface area contributed by atoms with Gasteiger partial charge in [-0.05, 0) is 30.4 Å². The Hall–Kier alpha value is -0.800. The van der Waals surface area contributed by atoms with Crippen molar-refractivity contribution >= 4 is 0 Å². The number of aliphatic hydroxyl groups is 1. The molecule has 0 amide bonds. The van der Waals surface area contributed by atoms with Gasteiger partial charge in [-0.15, -0.1) is 0 Å². The average molecular weight is 238 g/mol. The Kier molecular flexibility index (Phi) is 6.30. The van der Waals surface area contributed by atoms with Gasteiger partial charge in [-0.3, -0.25) is 0 Å². The van der Waals surface area contributed by atoms with Gasteiger partial charge >= 0.3 is 0 Å². The van der Waals surface area contributed by atoms with Crippen molar-refractivity contribution in [2.45, 2.75) is 40.3 Å². The fourth-order valence-corrected chi connectivity index (χ4v) is 1.74. The molecule has 1 heterocycles. The summed E-state index contributed by atoms with van der Waals surface area (Å²) in [5.41, 5.74) is 1.33. The van der Waals surface area contributed by atoms with E-state index in [0.29, 0.717) is 5.92 Å². The van der Waals surface area contributed by atoms with Gasteiger partial charge in [0, 0.05) is 38.1 Å². The second-order valence-electron chi connectivity index (χ2n) is 5.29. The molecule has 0 bridgehead atoms. The summed E-state index contributed by atoms with van der Waals surface area (Å²) in [6.45, 7) is 9.65. The van der Waals surface area contributed by atoms with Crippen LogP contribution >= 0.6 is 0 Å². The van der Waals surface area contributed by atoms with E-state index >= 15 is 0 Å². The average Bonchev–Trinajstić information content (AvgIpc) is 2.73. The van der Waals surface area contributed by atoms with Crippen molar-refractivity contribution in [3.05, 3.63) is 24.0 Å². The fourth-order valence-electron chi connectivity index (χ4n) is 1.74. The van der Waals surface area contributed by atoms with E-state index < -0.39 is 0 Å². The molecule has 1 rings (SSSR count). The Labute approximate surface area is 105 Å². The normalized spacial score (nSPS) is 13.2. The van der Waals surface area contributed by atoms with Crippen molar-refractivity contribution in [3.63, 3.8) is 0 Å². The molecule has 0 spiro atoms. The number of nitrogens with one attached hydrogen (secondary N) is 1. The standard InChI is InChI=1S/C14H26N2O/c1-12(2)6-8-16-7-4-5-14(16)10-15-9-13(3)11-17/h4-5,7,12-13,15,17H,6,8-11H2,1-3H3. The van der Waals surface area contributed by atoms with Crippen LogP contribution in [-0.4, -0.2) is 22.8 Å². The quantitative estimate of drug-likeness (QED) is 0.729. The predicted molar refractivity (Wildman–Crippen MR) is 71.8 cm³/mol. The Morgan fingerprint density at radius 3 is 2.76 bits per heavy atom. The van der Waals surface area contributed by atoms with E-state index in [-0.39, 0.29) is 6.61 Å². The van der Waals surface area contributed by atoms with Crippen molar-refractivity contribution in [3.8, 4) is 0 Å². The van der Waals surface area contributed by atoms with E-state index in [1.165, 1.54) is 12.1 Å². The third kappa shape index (κ3) is 5.37. The number of aryl methyl sites for hydroxylation is 1. The lowest BCUT2D eigenvalue weighted by Gasteiger charge is -2.13. The molecule has 0 saturated carbocycles. The number of hydrogen-bond acceptors (Lipinski definition) is 2. The summed E-state index contributed by atoms with van der Waals surface area (Å²) in [7, 11) is 0. The summed E-state index contributed by atoms with van der Waals surface area (Å²) in [5.74, 6) is 1.07. The van der Waals surface area contributed by atoms with Crippen LogP contribution in [0.4, 0.5) is 0 Å². The van der Waals surface area contributed by atoms with Crippen molar-refractivity contribution in [1.82, 2.24) is 9.88 Å². The van der Waals surface area contributed by atoms with Gasteiger partial charge in [0.05, 0.1) is 0 Å². The maximum absolute atomic E-state index is 8.95.